The molecule has 1 aromatic carbocycles. The fourth-order valence-corrected chi connectivity index (χ4v) is 6.71. The van der Waals surface area contributed by atoms with Gasteiger partial charge in [-0.15, -0.1) is 0 Å². The summed E-state index contributed by atoms with van der Waals surface area (Å²) in [6, 6.07) is 9.30. The van der Waals surface area contributed by atoms with Crippen molar-refractivity contribution < 1.29 is 9.13 Å². The van der Waals surface area contributed by atoms with Crippen LogP contribution in [0.5, 0.6) is 0 Å². The first-order chi connectivity index (χ1) is 18.4. The summed E-state index contributed by atoms with van der Waals surface area (Å²) < 4.78 is 20.1. The average Bonchev–Trinajstić information content (AvgIpc) is 3.35. The van der Waals surface area contributed by atoms with Gasteiger partial charge in [0.15, 0.2) is 11.6 Å². The molecule has 202 valence electrons. The van der Waals surface area contributed by atoms with E-state index in [1.807, 2.05) is 18.2 Å². The van der Waals surface area contributed by atoms with Crippen LogP contribution in [0.2, 0.25) is 0 Å². The molecule has 0 bridgehead atoms. The van der Waals surface area contributed by atoms with E-state index in [2.05, 4.69) is 55.2 Å². The number of rotatable bonds is 6. The van der Waals surface area contributed by atoms with Crippen molar-refractivity contribution in [2.75, 3.05) is 61.5 Å². The predicted octanol–water partition coefficient (Wildman–Crippen LogP) is 3.57. The maximum absolute atomic E-state index is 14.7. The Bertz CT molecular complexity index is 1200. The fourth-order valence-electron chi connectivity index (χ4n) is 6.71. The van der Waals surface area contributed by atoms with Crippen molar-refractivity contribution in [3.8, 4) is 6.07 Å². The molecule has 2 atom stereocenters. The Balaban J connectivity index is 1.12. The van der Waals surface area contributed by atoms with Crippen LogP contribution in [-0.2, 0) is 4.74 Å². The third kappa shape index (κ3) is 5.03. The lowest BCUT2D eigenvalue weighted by molar-refractivity contribution is -0.0660. The van der Waals surface area contributed by atoms with Crippen LogP contribution in [0.3, 0.4) is 0 Å². The number of hydrogen-bond acceptors (Lipinski definition) is 9. The van der Waals surface area contributed by atoms with Gasteiger partial charge in [-0.3, -0.25) is 9.80 Å². The highest BCUT2D eigenvalue weighted by Gasteiger charge is 2.43. The molecule has 38 heavy (non-hydrogen) atoms. The van der Waals surface area contributed by atoms with Crippen molar-refractivity contribution in [2.45, 2.75) is 63.2 Å². The Morgan fingerprint density at radius 1 is 1.13 bits per heavy atom. The average molecular weight is 521 g/mol. The van der Waals surface area contributed by atoms with E-state index in [9.17, 15) is 9.65 Å². The lowest BCUT2D eigenvalue weighted by Gasteiger charge is -2.47. The molecule has 5 heterocycles. The Hall–Kier alpha value is -3.00. The number of aromatic nitrogens is 2. The van der Waals surface area contributed by atoms with Crippen molar-refractivity contribution in [3.63, 3.8) is 0 Å². The molecule has 10 heteroatoms. The highest BCUT2D eigenvalue weighted by molar-refractivity contribution is 5.68. The van der Waals surface area contributed by atoms with Gasteiger partial charge < -0.3 is 20.3 Å². The Morgan fingerprint density at radius 3 is 2.68 bits per heavy atom. The van der Waals surface area contributed by atoms with Crippen LogP contribution < -0.4 is 15.5 Å². The van der Waals surface area contributed by atoms with E-state index in [0.717, 1.165) is 64.5 Å². The summed E-state index contributed by atoms with van der Waals surface area (Å²) in [6.07, 6.45) is 5.56. The lowest BCUT2D eigenvalue weighted by Crippen LogP contribution is -2.56. The number of fused-ring (bicyclic) bond motifs is 1. The van der Waals surface area contributed by atoms with E-state index in [0.29, 0.717) is 29.3 Å². The molecule has 4 aliphatic heterocycles. The van der Waals surface area contributed by atoms with Crippen LogP contribution in [-0.4, -0.2) is 89.4 Å². The van der Waals surface area contributed by atoms with Gasteiger partial charge in [-0.05, 0) is 64.3 Å². The molecule has 4 aliphatic rings. The number of benzene rings is 1. The van der Waals surface area contributed by atoms with Crippen molar-refractivity contribution in [3.05, 3.63) is 35.8 Å². The summed E-state index contributed by atoms with van der Waals surface area (Å²) in [5, 5.41) is 16.4. The second-order valence-electron chi connectivity index (χ2n) is 11.7. The van der Waals surface area contributed by atoms with Gasteiger partial charge in [-0.2, -0.15) is 10.2 Å². The zero-order chi connectivity index (χ0) is 26.3. The van der Waals surface area contributed by atoms with E-state index in [1.165, 1.54) is 19.0 Å². The molecule has 2 N–H and O–H groups in total. The molecule has 1 aromatic heterocycles. The van der Waals surface area contributed by atoms with Gasteiger partial charge in [-0.1, -0.05) is 0 Å². The minimum atomic E-state index is -0.456. The Labute approximate surface area is 224 Å². The van der Waals surface area contributed by atoms with Gasteiger partial charge >= 0.3 is 0 Å². The standard InChI is InChI=1S/C28H37FN8O/c1-28(2)14-21(13-22-4-3-7-37(22)28)32-26-24(29)16-31-27(34-26)33-20-5-6-25(19(12-20)15-30)36-10-8-35(9-11-36)23-17-38-18-23/h5-6,12,16,21-23H,3-4,7-11,13-14,17-18H2,1-2H3,(H2,31,32,33,34)/t21-,22+/m1/s1. The summed E-state index contributed by atoms with van der Waals surface area (Å²) in [7, 11) is 0. The Kier molecular flexibility index (Phi) is 6.84. The summed E-state index contributed by atoms with van der Waals surface area (Å²) in [4.78, 5) is 16.0. The van der Waals surface area contributed by atoms with Gasteiger partial charge in [0, 0.05) is 49.5 Å². The first-order valence-electron chi connectivity index (χ1n) is 13.8. The Morgan fingerprint density at radius 2 is 1.95 bits per heavy atom. The van der Waals surface area contributed by atoms with Gasteiger partial charge in [0.05, 0.1) is 36.7 Å². The summed E-state index contributed by atoms with van der Waals surface area (Å²) in [6.45, 7) is 11.0. The molecule has 2 aromatic rings. The smallest absolute Gasteiger partial charge is 0.229 e. The number of piperidine rings is 1. The van der Waals surface area contributed by atoms with Crippen LogP contribution >= 0.6 is 0 Å². The number of ether oxygens (including phenoxy) is 1. The predicted molar refractivity (Wildman–Crippen MR) is 145 cm³/mol. The molecule has 0 unspecified atom stereocenters. The molecule has 4 saturated heterocycles. The molecule has 0 aliphatic carbocycles. The van der Waals surface area contributed by atoms with E-state index in [-0.39, 0.29) is 17.4 Å². The van der Waals surface area contributed by atoms with Crippen molar-refractivity contribution in [1.82, 2.24) is 19.8 Å². The number of piperazine rings is 1. The third-order valence-electron chi connectivity index (χ3n) is 8.71. The van der Waals surface area contributed by atoms with Crippen LogP contribution in [0, 0.1) is 17.1 Å². The minimum Gasteiger partial charge on any atom is -0.378 e. The SMILES string of the molecule is CC1(C)C[C@H](Nc2nc(Nc3ccc(N4CCN(C5COC5)CC4)c(C#N)c3)ncc2F)C[C@@H]2CCCN21. The molecule has 0 radical (unpaired) electrons. The molecule has 0 amide bonds. The maximum Gasteiger partial charge on any atom is 0.229 e. The molecule has 0 spiro atoms. The van der Waals surface area contributed by atoms with Gasteiger partial charge in [0.25, 0.3) is 0 Å². The van der Waals surface area contributed by atoms with E-state index in [4.69, 9.17) is 4.74 Å². The van der Waals surface area contributed by atoms with Gasteiger partial charge in [0.1, 0.15) is 6.07 Å². The first kappa shape index (κ1) is 25.3. The molecule has 6 rings (SSSR count). The quantitative estimate of drug-likeness (QED) is 0.593. The molecule has 9 nitrogen and oxygen atoms in total. The first-order valence-corrected chi connectivity index (χ1v) is 13.8. The molecule has 0 saturated carbocycles. The molecular formula is C28H37FN8O. The summed E-state index contributed by atoms with van der Waals surface area (Å²) in [5.74, 6) is 0.0731. The van der Waals surface area contributed by atoms with E-state index >= 15 is 0 Å². The number of anilines is 4. The lowest BCUT2D eigenvalue weighted by atomic mass is 9.84. The molecular weight excluding hydrogens is 483 g/mol. The summed E-state index contributed by atoms with van der Waals surface area (Å²) >= 11 is 0. The number of nitrogens with zero attached hydrogens (tertiary/aromatic N) is 6. The van der Waals surface area contributed by atoms with Gasteiger partial charge in [0.2, 0.25) is 5.95 Å². The van der Waals surface area contributed by atoms with Gasteiger partial charge in [-0.25, -0.2) is 9.37 Å². The third-order valence-corrected chi connectivity index (χ3v) is 8.71. The number of hydrogen-bond donors (Lipinski definition) is 2. The second-order valence-corrected chi connectivity index (χ2v) is 11.7. The van der Waals surface area contributed by atoms with Crippen LogP contribution in [0.4, 0.5) is 27.5 Å². The number of nitriles is 1. The van der Waals surface area contributed by atoms with Crippen molar-refractivity contribution >= 4 is 23.1 Å². The van der Waals surface area contributed by atoms with Crippen molar-refractivity contribution in [1.29, 1.82) is 5.26 Å². The largest absolute Gasteiger partial charge is 0.378 e. The van der Waals surface area contributed by atoms with E-state index < -0.39 is 5.82 Å². The highest BCUT2D eigenvalue weighted by atomic mass is 19.1. The van der Waals surface area contributed by atoms with Crippen LogP contribution in [0.15, 0.2) is 24.4 Å². The molecule has 4 fully saturated rings. The number of nitrogens with one attached hydrogen (secondary N) is 2. The zero-order valence-corrected chi connectivity index (χ0v) is 22.3. The topological polar surface area (TPSA) is 92.6 Å². The highest BCUT2D eigenvalue weighted by Crippen LogP contribution is 2.38. The number of halogens is 1. The fraction of sp³-hybridized carbons (Fsp3) is 0.607. The second kappa shape index (κ2) is 10.3. The monoisotopic (exact) mass is 520 g/mol. The van der Waals surface area contributed by atoms with Crippen LogP contribution in [0.25, 0.3) is 0 Å². The normalized spacial score (nSPS) is 25.9. The van der Waals surface area contributed by atoms with Crippen molar-refractivity contribution in [2.24, 2.45) is 0 Å². The summed E-state index contributed by atoms with van der Waals surface area (Å²) in [5.41, 5.74) is 2.32. The van der Waals surface area contributed by atoms with E-state index in [1.54, 1.807) is 0 Å². The maximum atomic E-state index is 14.7. The zero-order valence-electron chi connectivity index (χ0n) is 22.3. The van der Waals surface area contributed by atoms with Crippen LogP contribution in [0.1, 0.15) is 45.1 Å². The minimum absolute atomic E-state index is 0.0787.